The van der Waals surface area contributed by atoms with Gasteiger partial charge >= 0.3 is 0 Å². The van der Waals surface area contributed by atoms with E-state index in [1.165, 1.54) is 0 Å². The number of rotatable bonds is 6. The zero-order valence-corrected chi connectivity index (χ0v) is 18.6. The number of nitrogens with zero attached hydrogens (tertiary/aromatic N) is 1. The molecule has 3 aromatic rings. The highest BCUT2D eigenvalue weighted by molar-refractivity contribution is 7.86. The maximum atomic E-state index is 12.5. The van der Waals surface area contributed by atoms with Crippen molar-refractivity contribution in [2.24, 2.45) is 4.99 Å². The smallest absolute Gasteiger partial charge is 0.297 e. The van der Waals surface area contributed by atoms with E-state index in [2.05, 4.69) is 0 Å². The van der Waals surface area contributed by atoms with Crippen LogP contribution in [-0.4, -0.2) is 26.5 Å². The molecule has 5 nitrogen and oxygen atoms in total. The Hall–Kier alpha value is -2.96. The lowest BCUT2D eigenvalue weighted by molar-refractivity contribution is 0.279. The van der Waals surface area contributed by atoms with Crippen LogP contribution in [0.25, 0.3) is 11.1 Å². The van der Waals surface area contributed by atoms with Crippen molar-refractivity contribution < 1.29 is 17.3 Å². The molecule has 0 unspecified atom stereocenters. The van der Waals surface area contributed by atoms with Crippen molar-refractivity contribution in [3.63, 3.8) is 0 Å². The van der Waals surface area contributed by atoms with Crippen LogP contribution in [-0.2, 0) is 25.6 Å². The molecule has 1 heterocycles. The Bertz CT molecular complexity index is 1230. The predicted octanol–water partition coefficient (Wildman–Crippen LogP) is 5.12. The molecule has 3 aromatic carbocycles. The summed E-state index contributed by atoms with van der Waals surface area (Å²) in [6.07, 6.45) is 0. The first-order valence-corrected chi connectivity index (χ1v) is 11.5. The van der Waals surface area contributed by atoms with Crippen molar-refractivity contribution in [3.05, 3.63) is 89.5 Å². The second-order valence-electron chi connectivity index (χ2n) is 8.24. The summed E-state index contributed by atoms with van der Waals surface area (Å²) in [5.41, 5.74) is 4.16. The number of benzene rings is 3. The lowest BCUT2D eigenvalue weighted by atomic mass is 9.98. The molecule has 4 rings (SSSR count). The average molecular weight is 436 g/mol. The minimum atomic E-state index is -3.81. The average Bonchev–Trinajstić information content (AvgIpc) is 3.12. The van der Waals surface area contributed by atoms with Gasteiger partial charge in [0.2, 0.25) is 5.90 Å². The minimum Gasteiger partial charge on any atom is -0.475 e. The largest absolute Gasteiger partial charge is 0.475 e. The molecule has 0 bridgehead atoms. The second kappa shape index (κ2) is 8.29. The van der Waals surface area contributed by atoms with Crippen LogP contribution in [0.1, 0.15) is 30.5 Å². The van der Waals surface area contributed by atoms with Crippen molar-refractivity contribution in [1.29, 1.82) is 0 Å². The van der Waals surface area contributed by atoms with Gasteiger partial charge in [-0.2, -0.15) is 8.42 Å². The molecular weight excluding hydrogens is 410 g/mol. The van der Waals surface area contributed by atoms with Gasteiger partial charge in [-0.25, -0.2) is 4.99 Å². The van der Waals surface area contributed by atoms with Gasteiger partial charge in [0.25, 0.3) is 10.1 Å². The van der Waals surface area contributed by atoms with E-state index >= 15 is 0 Å². The lowest BCUT2D eigenvalue weighted by Crippen LogP contribution is -2.17. The molecule has 0 saturated carbocycles. The molecule has 0 aromatic heterocycles. The van der Waals surface area contributed by atoms with Gasteiger partial charge in [0.1, 0.15) is 6.61 Å². The van der Waals surface area contributed by atoms with Gasteiger partial charge in [-0.1, -0.05) is 60.7 Å². The fourth-order valence-corrected chi connectivity index (χ4v) is 4.60. The third-order valence-electron chi connectivity index (χ3n) is 5.13. The second-order valence-corrected chi connectivity index (χ2v) is 9.83. The maximum Gasteiger partial charge on any atom is 0.297 e. The van der Waals surface area contributed by atoms with Gasteiger partial charge in [-0.15, -0.1) is 0 Å². The molecule has 0 atom stereocenters. The summed E-state index contributed by atoms with van der Waals surface area (Å²) in [6, 6.07) is 22.4. The highest BCUT2D eigenvalue weighted by atomic mass is 32.2. The van der Waals surface area contributed by atoms with Crippen LogP contribution in [0.2, 0.25) is 0 Å². The summed E-state index contributed by atoms with van der Waals surface area (Å²) in [6.45, 7) is 6.37. The predicted molar refractivity (Wildman–Crippen MR) is 122 cm³/mol. The Labute approximate surface area is 183 Å². The summed E-state index contributed by atoms with van der Waals surface area (Å²) in [7, 11) is -3.81. The Morgan fingerprint density at radius 3 is 2.23 bits per heavy atom. The third kappa shape index (κ3) is 4.70. The Balaban J connectivity index is 1.53. The monoisotopic (exact) mass is 435 g/mol. The van der Waals surface area contributed by atoms with E-state index in [0.717, 1.165) is 22.3 Å². The van der Waals surface area contributed by atoms with Crippen molar-refractivity contribution in [2.45, 2.75) is 37.8 Å². The number of aliphatic imine (C=N–C) groups is 1. The molecule has 160 valence electrons. The summed E-state index contributed by atoms with van der Waals surface area (Å²) < 4.78 is 36.1. The summed E-state index contributed by atoms with van der Waals surface area (Å²) >= 11 is 0. The SMILES string of the molecule is Cc1ccccc1S(=O)(=O)OCc1ccc(-c2ccccc2C2=NC(C)(C)CO2)cc1. The normalized spacial score (nSPS) is 15.4. The Morgan fingerprint density at radius 2 is 1.58 bits per heavy atom. The third-order valence-corrected chi connectivity index (χ3v) is 6.56. The van der Waals surface area contributed by atoms with Gasteiger partial charge in [-0.05, 0) is 55.2 Å². The van der Waals surface area contributed by atoms with Crippen LogP contribution >= 0.6 is 0 Å². The highest BCUT2D eigenvalue weighted by Crippen LogP contribution is 2.29. The number of hydrogen-bond donors (Lipinski definition) is 0. The van der Waals surface area contributed by atoms with Crippen molar-refractivity contribution in [1.82, 2.24) is 0 Å². The molecule has 0 spiro atoms. The van der Waals surface area contributed by atoms with E-state index < -0.39 is 10.1 Å². The molecule has 31 heavy (non-hydrogen) atoms. The molecule has 0 N–H and O–H groups in total. The van der Waals surface area contributed by atoms with E-state index in [4.69, 9.17) is 13.9 Å². The fraction of sp³-hybridized carbons (Fsp3) is 0.240. The van der Waals surface area contributed by atoms with E-state index in [0.29, 0.717) is 18.1 Å². The first kappa shape index (κ1) is 21.3. The fourth-order valence-electron chi connectivity index (χ4n) is 3.47. The van der Waals surface area contributed by atoms with Gasteiger partial charge < -0.3 is 4.74 Å². The maximum absolute atomic E-state index is 12.5. The van der Waals surface area contributed by atoms with Crippen molar-refractivity contribution >= 4 is 16.0 Å². The van der Waals surface area contributed by atoms with Crippen LogP contribution in [0.3, 0.4) is 0 Å². The van der Waals surface area contributed by atoms with Gasteiger partial charge in [0.15, 0.2) is 0 Å². The van der Waals surface area contributed by atoms with Crippen LogP contribution in [0.15, 0.2) is 82.7 Å². The molecule has 1 aliphatic rings. The van der Waals surface area contributed by atoms with E-state index in [9.17, 15) is 8.42 Å². The highest BCUT2D eigenvalue weighted by Gasteiger charge is 2.28. The standard InChI is InChI=1S/C25H25NO4S/c1-18-8-4-7-11-23(18)31(27,28)30-16-19-12-14-20(15-13-19)21-9-5-6-10-22(21)24-26-25(2,3)17-29-24/h4-15H,16-17H2,1-3H3. The van der Waals surface area contributed by atoms with Crippen LogP contribution in [0.4, 0.5) is 0 Å². The first-order chi connectivity index (χ1) is 14.8. The zero-order valence-electron chi connectivity index (χ0n) is 17.8. The number of ether oxygens (including phenoxy) is 1. The van der Waals surface area contributed by atoms with Crippen LogP contribution < -0.4 is 0 Å². The summed E-state index contributed by atoms with van der Waals surface area (Å²) in [4.78, 5) is 4.89. The van der Waals surface area contributed by atoms with Gasteiger partial charge in [0, 0.05) is 5.56 Å². The molecule has 0 radical (unpaired) electrons. The molecule has 1 aliphatic heterocycles. The first-order valence-electron chi connectivity index (χ1n) is 10.1. The molecule has 0 aliphatic carbocycles. The molecule has 6 heteroatoms. The van der Waals surface area contributed by atoms with Gasteiger partial charge in [-0.3, -0.25) is 4.18 Å². The van der Waals surface area contributed by atoms with Gasteiger partial charge in [0.05, 0.1) is 17.0 Å². The minimum absolute atomic E-state index is 0.0252. The zero-order chi connectivity index (χ0) is 22.1. The number of hydrogen-bond acceptors (Lipinski definition) is 5. The Kier molecular flexibility index (Phi) is 5.69. The quantitative estimate of drug-likeness (QED) is 0.504. The summed E-state index contributed by atoms with van der Waals surface area (Å²) in [5, 5.41) is 0. The lowest BCUT2D eigenvalue weighted by Gasteiger charge is -2.11. The molecule has 0 fully saturated rings. The number of aryl methyl sites for hydroxylation is 1. The van der Waals surface area contributed by atoms with E-state index in [1.54, 1.807) is 31.2 Å². The molecule has 0 saturated heterocycles. The van der Waals surface area contributed by atoms with Crippen LogP contribution in [0.5, 0.6) is 0 Å². The molecule has 0 amide bonds. The topological polar surface area (TPSA) is 65.0 Å². The van der Waals surface area contributed by atoms with E-state index in [1.807, 2.05) is 62.4 Å². The van der Waals surface area contributed by atoms with Crippen molar-refractivity contribution in [2.75, 3.05) is 6.61 Å². The van der Waals surface area contributed by atoms with Crippen LogP contribution in [0, 0.1) is 6.92 Å². The van der Waals surface area contributed by atoms with E-state index in [-0.39, 0.29) is 17.0 Å². The molecular formula is C25H25NO4S. The van der Waals surface area contributed by atoms with Crippen molar-refractivity contribution in [3.8, 4) is 11.1 Å². The summed E-state index contributed by atoms with van der Waals surface area (Å²) in [5.74, 6) is 0.650. The Morgan fingerprint density at radius 1 is 0.935 bits per heavy atom.